The van der Waals surface area contributed by atoms with Gasteiger partial charge in [-0.25, -0.2) is 0 Å². The molecule has 0 spiro atoms. The molecule has 24 heavy (non-hydrogen) atoms. The Morgan fingerprint density at radius 1 is 1.25 bits per heavy atom. The SMILES string of the molecule is COc1ccc(NC(=O)[C@@H]2CCCN(c3ccc(Cl)nn3)C2)cc1. The van der Waals surface area contributed by atoms with Crippen molar-refractivity contribution in [3.63, 3.8) is 0 Å². The summed E-state index contributed by atoms with van der Waals surface area (Å²) >= 11 is 5.78. The summed E-state index contributed by atoms with van der Waals surface area (Å²) in [5.41, 5.74) is 0.768. The van der Waals surface area contributed by atoms with Crippen LogP contribution >= 0.6 is 11.6 Å². The lowest BCUT2D eigenvalue weighted by molar-refractivity contribution is -0.120. The normalized spacial score (nSPS) is 17.4. The van der Waals surface area contributed by atoms with Gasteiger partial charge in [0.25, 0.3) is 0 Å². The van der Waals surface area contributed by atoms with Gasteiger partial charge in [-0.2, -0.15) is 0 Å². The summed E-state index contributed by atoms with van der Waals surface area (Å²) in [4.78, 5) is 14.6. The molecule has 0 bridgehead atoms. The minimum absolute atomic E-state index is 0.0202. The quantitative estimate of drug-likeness (QED) is 0.921. The third-order valence-electron chi connectivity index (χ3n) is 4.09. The number of piperidine rings is 1. The minimum atomic E-state index is -0.0849. The van der Waals surface area contributed by atoms with E-state index in [4.69, 9.17) is 16.3 Å². The zero-order valence-corrected chi connectivity index (χ0v) is 14.2. The van der Waals surface area contributed by atoms with E-state index in [-0.39, 0.29) is 11.8 Å². The van der Waals surface area contributed by atoms with Gasteiger partial charge < -0.3 is 15.0 Å². The number of rotatable bonds is 4. The van der Waals surface area contributed by atoms with Crippen molar-refractivity contribution in [3.8, 4) is 5.75 Å². The fourth-order valence-corrected chi connectivity index (χ4v) is 2.90. The fraction of sp³-hybridized carbons (Fsp3) is 0.353. The molecule has 2 aromatic rings. The van der Waals surface area contributed by atoms with Crippen molar-refractivity contribution < 1.29 is 9.53 Å². The molecule has 0 unspecified atom stereocenters. The summed E-state index contributed by atoms with van der Waals surface area (Å²) in [5, 5.41) is 11.3. The van der Waals surface area contributed by atoms with Gasteiger partial charge in [0.05, 0.1) is 13.0 Å². The van der Waals surface area contributed by atoms with Crippen molar-refractivity contribution in [2.24, 2.45) is 5.92 Å². The maximum atomic E-state index is 12.5. The van der Waals surface area contributed by atoms with Crippen molar-refractivity contribution in [2.45, 2.75) is 12.8 Å². The first-order chi connectivity index (χ1) is 11.7. The minimum Gasteiger partial charge on any atom is -0.497 e. The Balaban J connectivity index is 1.63. The number of carbonyl (C=O) groups excluding carboxylic acids is 1. The number of hydrogen-bond donors (Lipinski definition) is 1. The van der Waals surface area contributed by atoms with Crippen molar-refractivity contribution in [2.75, 3.05) is 30.4 Å². The number of methoxy groups -OCH3 is 1. The number of ether oxygens (including phenoxy) is 1. The van der Waals surface area contributed by atoms with Gasteiger partial charge >= 0.3 is 0 Å². The highest BCUT2D eigenvalue weighted by Gasteiger charge is 2.26. The molecule has 1 aromatic heterocycles. The Bertz CT molecular complexity index is 691. The first-order valence-corrected chi connectivity index (χ1v) is 8.22. The summed E-state index contributed by atoms with van der Waals surface area (Å²) in [6.07, 6.45) is 1.80. The first kappa shape index (κ1) is 16.5. The lowest BCUT2D eigenvalue weighted by Gasteiger charge is -2.32. The van der Waals surface area contributed by atoms with Crippen LogP contribution in [0.5, 0.6) is 5.75 Å². The number of benzene rings is 1. The molecule has 1 N–H and O–H groups in total. The van der Waals surface area contributed by atoms with Gasteiger partial charge in [-0.15, -0.1) is 10.2 Å². The predicted octanol–water partition coefficient (Wildman–Crippen LogP) is 2.99. The highest BCUT2D eigenvalue weighted by atomic mass is 35.5. The number of anilines is 2. The molecule has 1 saturated heterocycles. The molecule has 0 aliphatic carbocycles. The van der Waals surface area contributed by atoms with E-state index in [0.29, 0.717) is 11.7 Å². The van der Waals surface area contributed by atoms with E-state index in [2.05, 4.69) is 20.4 Å². The molecular weight excluding hydrogens is 328 g/mol. The highest BCUT2D eigenvalue weighted by Crippen LogP contribution is 2.23. The summed E-state index contributed by atoms with van der Waals surface area (Å²) < 4.78 is 5.12. The Kier molecular flexibility index (Phi) is 5.15. The van der Waals surface area contributed by atoms with Gasteiger partial charge in [0.2, 0.25) is 5.91 Å². The molecule has 1 aliphatic rings. The molecule has 1 atom stereocenters. The third-order valence-corrected chi connectivity index (χ3v) is 4.29. The average Bonchev–Trinajstić information content (AvgIpc) is 2.63. The van der Waals surface area contributed by atoms with E-state index in [1.165, 1.54) is 0 Å². The molecule has 7 heteroatoms. The number of hydrogen-bond acceptors (Lipinski definition) is 5. The van der Waals surface area contributed by atoms with E-state index in [1.54, 1.807) is 13.2 Å². The van der Waals surface area contributed by atoms with Crippen LogP contribution in [0.2, 0.25) is 5.15 Å². The third kappa shape index (κ3) is 3.94. The second-order valence-corrected chi connectivity index (χ2v) is 6.10. The van der Waals surface area contributed by atoms with Crippen molar-refractivity contribution in [1.82, 2.24) is 10.2 Å². The van der Waals surface area contributed by atoms with Gasteiger partial charge in [0.15, 0.2) is 11.0 Å². The molecular formula is C17H19ClN4O2. The van der Waals surface area contributed by atoms with Crippen LogP contribution in [0, 0.1) is 5.92 Å². The van der Waals surface area contributed by atoms with Gasteiger partial charge in [-0.3, -0.25) is 4.79 Å². The van der Waals surface area contributed by atoms with Gasteiger partial charge in [0, 0.05) is 18.8 Å². The van der Waals surface area contributed by atoms with E-state index >= 15 is 0 Å². The topological polar surface area (TPSA) is 67.3 Å². The highest BCUT2D eigenvalue weighted by molar-refractivity contribution is 6.29. The molecule has 1 aliphatic heterocycles. The number of aromatic nitrogens is 2. The summed E-state index contributed by atoms with van der Waals surface area (Å²) in [6, 6.07) is 10.9. The van der Waals surface area contributed by atoms with Crippen LogP contribution in [0.15, 0.2) is 36.4 Å². The Labute approximate surface area is 145 Å². The molecule has 6 nitrogen and oxygen atoms in total. The molecule has 0 radical (unpaired) electrons. The lowest BCUT2D eigenvalue weighted by atomic mass is 9.97. The van der Waals surface area contributed by atoms with E-state index in [0.717, 1.165) is 36.6 Å². The van der Waals surface area contributed by atoms with Crippen LogP contribution in [0.3, 0.4) is 0 Å². The Morgan fingerprint density at radius 3 is 2.71 bits per heavy atom. The maximum absolute atomic E-state index is 12.5. The number of nitrogens with one attached hydrogen (secondary N) is 1. The van der Waals surface area contributed by atoms with Gasteiger partial charge in [-0.05, 0) is 49.2 Å². The van der Waals surface area contributed by atoms with Crippen LogP contribution in [0.25, 0.3) is 0 Å². The smallest absolute Gasteiger partial charge is 0.229 e. The van der Waals surface area contributed by atoms with E-state index in [1.807, 2.05) is 30.3 Å². The summed E-state index contributed by atoms with van der Waals surface area (Å²) in [5.74, 6) is 1.45. The van der Waals surface area contributed by atoms with Crippen LogP contribution in [0.4, 0.5) is 11.5 Å². The second kappa shape index (κ2) is 7.49. The molecule has 3 rings (SSSR count). The molecule has 0 saturated carbocycles. The standard InChI is InChI=1S/C17H19ClN4O2/c1-24-14-6-4-13(5-7-14)19-17(23)12-3-2-10-22(11-12)16-9-8-15(18)20-21-16/h4-9,12H,2-3,10-11H2,1H3,(H,19,23)/t12-/m1/s1. The zero-order valence-electron chi connectivity index (χ0n) is 13.4. The van der Waals surface area contributed by atoms with Crippen LogP contribution < -0.4 is 15.0 Å². The largest absolute Gasteiger partial charge is 0.497 e. The predicted molar refractivity (Wildman–Crippen MR) is 93.6 cm³/mol. The lowest BCUT2D eigenvalue weighted by Crippen LogP contribution is -2.41. The fourth-order valence-electron chi connectivity index (χ4n) is 2.80. The molecule has 126 valence electrons. The first-order valence-electron chi connectivity index (χ1n) is 7.85. The average molecular weight is 347 g/mol. The molecule has 2 heterocycles. The van der Waals surface area contributed by atoms with E-state index in [9.17, 15) is 4.79 Å². The monoisotopic (exact) mass is 346 g/mol. The Morgan fingerprint density at radius 2 is 2.04 bits per heavy atom. The molecule has 1 fully saturated rings. The van der Waals surface area contributed by atoms with Crippen LogP contribution in [0.1, 0.15) is 12.8 Å². The van der Waals surface area contributed by atoms with Crippen molar-refractivity contribution in [3.05, 3.63) is 41.6 Å². The van der Waals surface area contributed by atoms with Crippen molar-refractivity contribution in [1.29, 1.82) is 0 Å². The number of carbonyl (C=O) groups is 1. The zero-order chi connectivity index (χ0) is 16.9. The summed E-state index contributed by atoms with van der Waals surface area (Å²) in [7, 11) is 1.61. The second-order valence-electron chi connectivity index (χ2n) is 5.72. The molecule has 1 amide bonds. The number of nitrogens with zero attached hydrogens (tertiary/aromatic N) is 3. The van der Waals surface area contributed by atoms with Crippen LogP contribution in [-0.2, 0) is 4.79 Å². The van der Waals surface area contributed by atoms with Crippen molar-refractivity contribution >= 4 is 29.0 Å². The summed E-state index contributed by atoms with van der Waals surface area (Å²) in [6.45, 7) is 1.49. The van der Waals surface area contributed by atoms with Gasteiger partial charge in [0.1, 0.15) is 5.75 Å². The van der Waals surface area contributed by atoms with E-state index < -0.39 is 0 Å². The Hall–Kier alpha value is -2.34. The van der Waals surface area contributed by atoms with Crippen LogP contribution in [-0.4, -0.2) is 36.3 Å². The number of halogens is 1. The van der Waals surface area contributed by atoms with Gasteiger partial charge in [-0.1, -0.05) is 11.6 Å². The molecule has 1 aromatic carbocycles. The maximum Gasteiger partial charge on any atom is 0.229 e. The number of amides is 1.